The summed E-state index contributed by atoms with van der Waals surface area (Å²) in [6.45, 7) is 9.06. The van der Waals surface area contributed by atoms with Gasteiger partial charge in [0.05, 0.1) is 0 Å². The first-order valence-corrected chi connectivity index (χ1v) is 5.86. The first kappa shape index (κ1) is 10.5. The molecule has 0 radical (unpaired) electrons. The molecular formula is C15H20. The van der Waals surface area contributed by atoms with Crippen molar-refractivity contribution < 1.29 is 0 Å². The van der Waals surface area contributed by atoms with Gasteiger partial charge < -0.3 is 0 Å². The molecule has 0 saturated carbocycles. The predicted molar refractivity (Wildman–Crippen MR) is 66.7 cm³/mol. The number of hydrogen-bond donors (Lipinski definition) is 0. The molecule has 0 heteroatoms. The van der Waals surface area contributed by atoms with Crippen LogP contribution >= 0.6 is 0 Å². The molecule has 0 heterocycles. The Bertz CT molecular complexity index is 398. The molecule has 2 aliphatic rings. The third-order valence-electron chi connectivity index (χ3n) is 3.60. The molecule has 80 valence electrons. The Kier molecular flexibility index (Phi) is 2.68. The molecule has 0 saturated heterocycles. The smallest absolute Gasteiger partial charge is 0.00560 e. The van der Waals surface area contributed by atoms with Gasteiger partial charge in [0.15, 0.2) is 0 Å². The van der Waals surface area contributed by atoms with Gasteiger partial charge in [0.25, 0.3) is 0 Å². The van der Waals surface area contributed by atoms with E-state index in [9.17, 15) is 0 Å². The van der Waals surface area contributed by atoms with Crippen molar-refractivity contribution in [3.05, 3.63) is 46.1 Å². The van der Waals surface area contributed by atoms with Gasteiger partial charge in [0.1, 0.15) is 0 Å². The van der Waals surface area contributed by atoms with Gasteiger partial charge in [-0.25, -0.2) is 0 Å². The minimum absolute atomic E-state index is 0.661. The summed E-state index contributed by atoms with van der Waals surface area (Å²) in [5.41, 5.74) is 7.66. The summed E-state index contributed by atoms with van der Waals surface area (Å²) < 4.78 is 0. The Morgan fingerprint density at radius 3 is 2.40 bits per heavy atom. The minimum atomic E-state index is 0.661. The Labute approximate surface area is 93.1 Å². The van der Waals surface area contributed by atoms with E-state index in [0.717, 1.165) is 12.8 Å². The lowest BCUT2D eigenvalue weighted by Gasteiger charge is -2.13. The van der Waals surface area contributed by atoms with Crippen molar-refractivity contribution in [2.75, 3.05) is 0 Å². The van der Waals surface area contributed by atoms with Crippen LogP contribution in [0, 0.1) is 5.92 Å². The molecule has 0 unspecified atom stereocenters. The van der Waals surface area contributed by atoms with E-state index in [4.69, 9.17) is 0 Å². The lowest BCUT2D eigenvalue weighted by molar-refractivity contribution is 0.740. The molecule has 0 bridgehead atoms. The molecule has 0 aromatic carbocycles. The van der Waals surface area contributed by atoms with Crippen molar-refractivity contribution >= 4 is 0 Å². The molecule has 0 aliphatic heterocycles. The quantitative estimate of drug-likeness (QED) is 0.582. The largest absolute Gasteiger partial charge is 0.0769 e. The molecule has 0 nitrogen and oxygen atoms in total. The Balaban J connectivity index is 2.40. The lowest BCUT2D eigenvalue weighted by atomic mass is 9.92. The standard InChI is InChI=1S/C15H20/c1-10(2)13-7-5-11(3)14-8-6-12(4)15(14)9-13/h5-7,10H,8-9H2,1-4H3. The van der Waals surface area contributed by atoms with Crippen molar-refractivity contribution in [2.45, 2.75) is 40.5 Å². The number of rotatable bonds is 1. The zero-order valence-corrected chi connectivity index (χ0v) is 10.2. The summed E-state index contributed by atoms with van der Waals surface area (Å²) in [6.07, 6.45) is 9.28. The lowest BCUT2D eigenvalue weighted by Crippen LogP contribution is -1.96. The molecule has 0 fully saturated rings. The van der Waals surface area contributed by atoms with Gasteiger partial charge in [-0.1, -0.05) is 43.2 Å². The van der Waals surface area contributed by atoms with Crippen LogP contribution < -0.4 is 0 Å². The van der Waals surface area contributed by atoms with E-state index < -0.39 is 0 Å². The van der Waals surface area contributed by atoms with Crippen LogP contribution in [0.4, 0.5) is 0 Å². The van der Waals surface area contributed by atoms with E-state index in [-0.39, 0.29) is 0 Å². The first-order valence-electron chi connectivity index (χ1n) is 5.86. The molecule has 0 amide bonds. The molecule has 0 N–H and O–H groups in total. The summed E-state index contributed by atoms with van der Waals surface area (Å²) in [4.78, 5) is 0. The molecule has 0 aromatic heterocycles. The fourth-order valence-corrected chi connectivity index (χ4v) is 2.38. The molecule has 0 aromatic rings. The van der Waals surface area contributed by atoms with Crippen LogP contribution in [0.15, 0.2) is 46.1 Å². The summed E-state index contributed by atoms with van der Waals surface area (Å²) in [7, 11) is 0. The van der Waals surface area contributed by atoms with Gasteiger partial charge in [-0.2, -0.15) is 0 Å². The van der Waals surface area contributed by atoms with Crippen LogP contribution in [0.5, 0.6) is 0 Å². The maximum Gasteiger partial charge on any atom is -0.00560 e. The van der Waals surface area contributed by atoms with Gasteiger partial charge in [0, 0.05) is 0 Å². The third kappa shape index (κ3) is 1.86. The summed E-state index contributed by atoms with van der Waals surface area (Å²) in [5, 5.41) is 0. The van der Waals surface area contributed by atoms with E-state index >= 15 is 0 Å². The second-order valence-corrected chi connectivity index (χ2v) is 4.97. The van der Waals surface area contributed by atoms with Gasteiger partial charge in [0.2, 0.25) is 0 Å². The Hall–Kier alpha value is -1.04. The summed E-state index contributed by atoms with van der Waals surface area (Å²) in [6, 6.07) is 0. The van der Waals surface area contributed by atoms with Crippen LogP contribution in [0.1, 0.15) is 40.5 Å². The van der Waals surface area contributed by atoms with Gasteiger partial charge in [-0.15, -0.1) is 0 Å². The maximum absolute atomic E-state index is 2.37. The predicted octanol–water partition coefficient (Wildman–Crippen LogP) is 4.57. The number of hydrogen-bond acceptors (Lipinski definition) is 0. The second kappa shape index (κ2) is 3.84. The minimum Gasteiger partial charge on any atom is -0.0769 e. The average molecular weight is 200 g/mol. The first-order chi connectivity index (χ1) is 7.09. The summed E-state index contributed by atoms with van der Waals surface area (Å²) in [5.74, 6) is 0.661. The average Bonchev–Trinajstić information content (AvgIpc) is 2.43. The highest BCUT2D eigenvalue weighted by Gasteiger charge is 2.19. The van der Waals surface area contributed by atoms with E-state index in [1.165, 1.54) is 11.1 Å². The van der Waals surface area contributed by atoms with Crippen molar-refractivity contribution in [3.8, 4) is 0 Å². The summed E-state index contributed by atoms with van der Waals surface area (Å²) >= 11 is 0. The Morgan fingerprint density at radius 1 is 1.00 bits per heavy atom. The van der Waals surface area contributed by atoms with E-state index in [1.54, 1.807) is 16.7 Å². The van der Waals surface area contributed by atoms with E-state index in [2.05, 4.69) is 45.9 Å². The van der Waals surface area contributed by atoms with E-state index in [1.807, 2.05) is 0 Å². The van der Waals surface area contributed by atoms with Crippen LogP contribution in [-0.4, -0.2) is 0 Å². The van der Waals surface area contributed by atoms with Gasteiger partial charge in [-0.05, 0) is 49.3 Å². The zero-order chi connectivity index (χ0) is 11.0. The molecular weight excluding hydrogens is 180 g/mol. The van der Waals surface area contributed by atoms with Crippen LogP contribution in [-0.2, 0) is 0 Å². The fourth-order valence-electron chi connectivity index (χ4n) is 2.38. The molecule has 15 heavy (non-hydrogen) atoms. The van der Waals surface area contributed by atoms with E-state index in [0.29, 0.717) is 5.92 Å². The zero-order valence-electron chi connectivity index (χ0n) is 10.2. The van der Waals surface area contributed by atoms with Crippen LogP contribution in [0.2, 0.25) is 0 Å². The van der Waals surface area contributed by atoms with Gasteiger partial charge >= 0.3 is 0 Å². The fraction of sp³-hybridized carbons (Fsp3) is 0.467. The molecule has 2 aliphatic carbocycles. The van der Waals surface area contributed by atoms with Crippen molar-refractivity contribution in [1.29, 1.82) is 0 Å². The highest BCUT2D eigenvalue weighted by molar-refractivity contribution is 5.54. The van der Waals surface area contributed by atoms with Crippen molar-refractivity contribution in [2.24, 2.45) is 5.92 Å². The normalized spacial score (nSPS) is 21.0. The second-order valence-electron chi connectivity index (χ2n) is 4.97. The highest BCUT2D eigenvalue weighted by atomic mass is 14.2. The Morgan fingerprint density at radius 2 is 1.73 bits per heavy atom. The molecule has 0 spiro atoms. The third-order valence-corrected chi connectivity index (χ3v) is 3.60. The van der Waals surface area contributed by atoms with Gasteiger partial charge in [-0.3, -0.25) is 0 Å². The van der Waals surface area contributed by atoms with Crippen LogP contribution in [0.3, 0.4) is 0 Å². The molecule has 0 atom stereocenters. The molecule has 2 rings (SSSR count). The van der Waals surface area contributed by atoms with Crippen LogP contribution in [0.25, 0.3) is 0 Å². The maximum atomic E-state index is 2.37. The van der Waals surface area contributed by atoms with Crippen molar-refractivity contribution in [3.63, 3.8) is 0 Å². The topological polar surface area (TPSA) is 0 Å². The van der Waals surface area contributed by atoms with Crippen molar-refractivity contribution in [1.82, 2.24) is 0 Å². The number of allylic oxidation sites excluding steroid dienone is 8. The monoisotopic (exact) mass is 200 g/mol. The highest BCUT2D eigenvalue weighted by Crippen LogP contribution is 2.38. The SMILES string of the molecule is CC1=CC=C(C(C)C)CC2=C1CC=C2C.